The summed E-state index contributed by atoms with van der Waals surface area (Å²) in [5.41, 5.74) is 2.33. The van der Waals surface area contributed by atoms with E-state index >= 15 is 0 Å². The molecule has 4 aromatic rings. The highest BCUT2D eigenvalue weighted by Crippen LogP contribution is 2.31. The fourth-order valence-electron chi connectivity index (χ4n) is 2.75. The Labute approximate surface area is 174 Å². The Kier molecular flexibility index (Phi) is 5.41. The van der Waals surface area contributed by atoms with Crippen LogP contribution in [0.15, 0.2) is 71.5 Å². The largest absolute Gasteiger partial charge is 0.487 e. The molecule has 0 saturated carbocycles. The third kappa shape index (κ3) is 4.24. The lowest BCUT2D eigenvalue weighted by Crippen LogP contribution is -1.98. The smallest absolute Gasteiger partial charge is 0.141 e. The van der Waals surface area contributed by atoms with Gasteiger partial charge in [0.2, 0.25) is 0 Å². The molecule has 0 bridgehead atoms. The van der Waals surface area contributed by atoms with Crippen molar-refractivity contribution in [1.29, 1.82) is 0 Å². The maximum atomic E-state index is 13.3. The van der Waals surface area contributed by atoms with E-state index in [0.717, 1.165) is 26.6 Å². The highest BCUT2D eigenvalue weighted by atomic mass is 79.9. The summed E-state index contributed by atoms with van der Waals surface area (Å²) in [5.74, 6) is 0.901. The first-order chi connectivity index (χ1) is 13.6. The van der Waals surface area contributed by atoms with E-state index in [-0.39, 0.29) is 12.4 Å². The molecule has 0 atom stereocenters. The lowest BCUT2D eigenvalue weighted by Gasteiger charge is -2.12. The molecule has 1 N–H and O–H groups in total. The second kappa shape index (κ2) is 8.12. The topological polar surface area (TPSA) is 47.0 Å². The van der Waals surface area contributed by atoms with E-state index in [9.17, 15) is 4.39 Å². The van der Waals surface area contributed by atoms with Crippen molar-refractivity contribution in [2.45, 2.75) is 6.61 Å². The number of aromatic nitrogens is 2. The van der Waals surface area contributed by atoms with Gasteiger partial charge in [0.05, 0.1) is 10.5 Å². The lowest BCUT2D eigenvalue weighted by molar-refractivity contribution is 0.306. The normalized spacial score (nSPS) is 10.8. The van der Waals surface area contributed by atoms with E-state index in [4.69, 9.17) is 16.3 Å². The molecule has 28 heavy (non-hydrogen) atoms. The van der Waals surface area contributed by atoms with Crippen LogP contribution in [-0.2, 0) is 6.61 Å². The van der Waals surface area contributed by atoms with Crippen LogP contribution >= 0.6 is 27.5 Å². The van der Waals surface area contributed by atoms with Gasteiger partial charge in [-0.25, -0.2) is 14.4 Å². The number of halogens is 3. The molecule has 0 aliphatic rings. The second-order valence-corrected chi connectivity index (χ2v) is 7.40. The zero-order valence-corrected chi connectivity index (χ0v) is 16.8. The van der Waals surface area contributed by atoms with E-state index in [1.54, 1.807) is 24.3 Å². The summed E-state index contributed by atoms with van der Waals surface area (Å²) in [4.78, 5) is 8.60. The van der Waals surface area contributed by atoms with E-state index in [1.165, 1.54) is 18.5 Å². The number of nitrogens with zero attached hydrogens (tertiary/aromatic N) is 2. The average Bonchev–Trinajstić information content (AvgIpc) is 2.68. The maximum absolute atomic E-state index is 13.3. The zero-order chi connectivity index (χ0) is 19.5. The third-order valence-corrected chi connectivity index (χ3v) is 4.86. The molecule has 140 valence electrons. The molecule has 3 aromatic carbocycles. The number of hydrogen-bond donors (Lipinski definition) is 1. The monoisotopic (exact) mass is 457 g/mol. The Morgan fingerprint density at radius 3 is 2.75 bits per heavy atom. The van der Waals surface area contributed by atoms with Gasteiger partial charge in [-0.05, 0) is 54.1 Å². The van der Waals surface area contributed by atoms with Crippen molar-refractivity contribution in [2.24, 2.45) is 0 Å². The number of hydrogen-bond acceptors (Lipinski definition) is 4. The van der Waals surface area contributed by atoms with Crippen molar-refractivity contribution in [3.8, 4) is 5.75 Å². The first-order valence-electron chi connectivity index (χ1n) is 8.42. The molecular formula is C21H14BrClFN3O. The summed E-state index contributed by atoms with van der Waals surface area (Å²) in [6.45, 7) is 0.231. The molecule has 0 unspecified atom stereocenters. The quantitative estimate of drug-likeness (QED) is 0.370. The van der Waals surface area contributed by atoms with E-state index < -0.39 is 0 Å². The summed E-state index contributed by atoms with van der Waals surface area (Å²) in [6, 6.07) is 17.4. The van der Waals surface area contributed by atoms with E-state index in [1.807, 2.05) is 24.3 Å². The summed E-state index contributed by atoms with van der Waals surface area (Å²) in [5, 5.41) is 4.60. The van der Waals surface area contributed by atoms with Crippen LogP contribution in [0.1, 0.15) is 5.56 Å². The number of rotatable bonds is 5. The SMILES string of the molecule is Fc1cccc(COc2ccc(Nc3ncnc4ccc(Br)cc34)cc2Cl)c1. The highest BCUT2D eigenvalue weighted by molar-refractivity contribution is 9.10. The number of anilines is 2. The van der Waals surface area contributed by atoms with E-state index in [0.29, 0.717) is 16.6 Å². The van der Waals surface area contributed by atoms with Crippen molar-refractivity contribution >= 4 is 49.9 Å². The van der Waals surface area contributed by atoms with Gasteiger partial charge >= 0.3 is 0 Å². The molecule has 7 heteroatoms. The van der Waals surface area contributed by atoms with Crippen LogP contribution < -0.4 is 10.1 Å². The molecule has 1 aromatic heterocycles. The molecule has 4 rings (SSSR count). The third-order valence-electron chi connectivity index (χ3n) is 4.08. The molecule has 0 fully saturated rings. The summed E-state index contributed by atoms with van der Waals surface area (Å²) < 4.78 is 19.9. The molecule has 4 nitrogen and oxygen atoms in total. The van der Waals surface area contributed by atoms with Gasteiger partial charge in [-0.3, -0.25) is 0 Å². The fraction of sp³-hybridized carbons (Fsp3) is 0.0476. The Balaban J connectivity index is 1.53. The van der Waals surface area contributed by atoms with Crippen LogP contribution in [0.2, 0.25) is 5.02 Å². The summed E-state index contributed by atoms with van der Waals surface area (Å²) in [7, 11) is 0. The Morgan fingerprint density at radius 2 is 1.93 bits per heavy atom. The Morgan fingerprint density at radius 1 is 1.04 bits per heavy atom. The molecule has 0 saturated heterocycles. The number of ether oxygens (including phenoxy) is 1. The van der Waals surface area contributed by atoms with Gasteiger partial charge in [0.15, 0.2) is 0 Å². The van der Waals surface area contributed by atoms with Crippen LogP contribution in [-0.4, -0.2) is 9.97 Å². The van der Waals surface area contributed by atoms with Crippen LogP contribution in [0, 0.1) is 5.82 Å². The standard InChI is InChI=1S/C21H14BrClFN3O/c22-14-4-6-19-17(9-14)21(26-12-25-19)27-16-5-7-20(18(23)10-16)28-11-13-2-1-3-15(24)8-13/h1-10,12H,11H2,(H,25,26,27). The van der Waals surface area contributed by atoms with Crippen molar-refractivity contribution < 1.29 is 9.13 Å². The number of nitrogens with one attached hydrogen (secondary N) is 1. The number of benzene rings is 3. The molecule has 0 spiro atoms. The average molecular weight is 459 g/mol. The molecule has 0 amide bonds. The van der Waals surface area contributed by atoms with Gasteiger partial charge in [0.25, 0.3) is 0 Å². The van der Waals surface area contributed by atoms with Crippen molar-refractivity contribution in [3.63, 3.8) is 0 Å². The minimum atomic E-state index is -0.296. The van der Waals surface area contributed by atoms with Gasteiger partial charge < -0.3 is 10.1 Å². The molecular weight excluding hydrogens is 445 g/mol. The molecule has 0 aliphatic heterocycles. The fourth-order valence-corrected chi connectivity index (χ4v) is 3.34. The first kappa shape index (κ1) is 18.7. The lowest BCUT2D eigenvalue weighted by atomic mass is 10.2. The minimum absolute atomic E-state index is 0.231. The zero-order valence-electron chi connectivity index (χ0n) is 14.5. The van der Waals surface area contributed by atoms with Crippen molar-refractivity contribution in [2.75, 3.05) is 5.32 Å². The predicted octanol–water partition coefficient (Wildman–Crippen LogP) is 6.51. The van der Waals surface area contributed by atoms with Crippen molar-refractivity contribution in [3.05, 3.63) is 87.9 Å². The van der Waals surface area contributed by atoms with Crippen LogP contribution in [0.5, 0.6) is 5.75 Å². The molecule has 0 radical (unpaired) electrons. The summed E-state index contributed by atoms with van der Waals surface area (Å²) in [6.07, 6.45) is 1.51. The maximum Gasteiger partial charge on any atom is 0.141 e. The predicted molar refractivity (Wildman–Crippen MR) is 113 cm³/mol. The van der Waals surface area contributed by atoms with Crippen LogP contribution in [0.25, 0.3) is 10.9 Å². The highest BCUT2D eigenvalue weighted by Gasteiger charge is 2.08. The summed E-state index contributed by atoms with van der Waals surface area (Å²) >= 11 is 9.83. The van der Waals surface area contributed by atoms with Gasteiger partial charge in [-0.1, -0.05) is 39.7 Å². The van der Waals surface area contributed by atoms with Crippen LogP contribution in [0.3, 0.4) is 0 Å². The molecule has 0 aliphatic carbocycles. The molecule has 1 heterocycles. The van der Waals surface area contributed by atoms with E-state index in [2.05, 4.69) is 31.2 Å². The van der Waals surface area contributed by atoms with Gasteiger partial charge in [0, 0.05) is 15.5 Å². The van der Waals surface area contributed by atoms with Gasteiger partial charge in [-0.15, -0.1) is 0 Å². The van der Waals surface area contributed by atoms with Crippen molar-refractivity contribution in [1.82, 2.24) is 9.97 Å². The minimum Gasteiger partial charge on any atom is -0.487 e. The Bertz CT molecular complexity index is 1160. The van der Waals surface area contributed by atoms with Gasteiger partial charge in [-0.2, -0.15) is 0 Å². The number of fused-ring (bicyclic) bond motifs is 1. The van der Waals surface area contributed by atoms with Gasteiger partial charge in [0.1, 0.15) is 30.3 Å². The second-order valence-electron chi connectivity index (χ2n) is 6.07. The Hall–Kier alpha value is -2.70. The first-order valence-corrected chi connectivity index (χ1v) is 9.60. The van der Waals surface area contributed by atoms with Crippen LogP contribution in [0.4, 0.5) is 15.9 Å².